The average Bonchev–Trinajstić information content (AvgIpc) is 3.97. The van der Waals surface area contributed by atoms with Gasteiger partial charge in [0.1, 0.15) is 0 Å². The van der Waals surface area contributed by atoms with Crippen molar-refractivity contribution in [3.05, 3.63) is 200 Å². The largest absolute Gasteiger partial charge is 0.309 e. The quantitative estimate of drug-likeness (QED) is 0.164. The van der Waals surface area contributed by atoms with E-state index in [1.807, 2.05) is 11.3 Å². The van der Waals surface area contributed by atoms with E-state index in [1.165, 1.54) is 79.9 Å². The van der Waals surface area contributed by atoms with E-state index in [1.54, 1.807) is 0 Å². The van der Waals surface area contributed by atoms with Crippen LogP contribution in [0.4, 0.5) is 0 Å². The van der Waals surface area contributed by atoms with Crippen LogP contribution in [0.25, 0.3) is 119 Å². The Labute approximate surface area is 343 Å². The van der Waals surface area contributed by atoms with Crippen LogP contribution in [-0.2, 0) is 0 Å². The zero-order valence-electron chi connectivity index (χ0n) is 31.8. The van der Waals surface area contributed by atoms with Crippen molar-refractivity contribution < 1.29 is 0 Å². The summed E-state index contributed by atoms with van der Waals surface area (Å²) >= 11 is 1.87. The summed E-state index contributed by atoms with van der Waals surface area (Å²) in [4.78, 5) is 5.61. The number of aromatic nitrogens is 3. The fourth-order valence-electron chi connectivity index (χ4n) is 9.67. The first kappa shape index (κ1) is 32.5. The van der Waals surface area contributed by atoms with Gasteiger partial charge in [0.25, 0.3) is 0 Å². The topological polar surface area (TPSA) is 22.8 Å². The van der Waals surface area contributed by atoms with Crippen molar-refractivity contribution in [1.29, 1.82) is 0 Å². The normalized spacial score (nSPS) is 12.1. The van der Waals surface area contributed by atoms with Crippen LogP contribution in [0.3, 0.4) is 0 Å². The van der Waals surface area contributed by atoms with Crippen LogP contribution in [-0.4, -0.2) is 14.1 Å². The number of nitrogens with zero attached hydrogens (tertiary/aromatic N) is 3. The third-order valence-corrected chi connectivity index (χ3v) is 13.5. The van der Waals surface area contributed by atoms with Crippen LogP contribution in [0.15, 0.2) is 200 Å². The molecule has 4 heterocycles. The molecule has 0 radical (unpaired) electrons. The van der Waals surface area contributed by atoms with E-state index >= 15 is 0 Å². The molecule has 0 fully saturated rings. The minimum Gasteiger partial charge on any atom is -0.309 e. The van der Waals surface area contributed by atoms with Crippen LogP contribution in [0, 0.1) is 0 Å². The Bertz CT molecular complexity index is 3620. The molecule has 0 aliphatic heterocycles. The van der Waals surface area contributed by atoms with Gasteiger partial charge in [0.05, 0.1) is 33.3 Å². The minimum atomic E-state index is 1.02. The number of thiophene rings is 1. The van der Waals surface area contributed by atoms with Crippen molar-refractivity contribution in [2.24, 2.45) is 0 Å². The van der Waals surface area contributed by atoms with Gasteiger partial charge in [-0.2, -0.15) is 0 Å². The Morgan fingerprint density at radius 1 is 0.356 bits per heavy atom. The fourth-order valence-corrected chi connectivity index (χ4v) is 10.9. The number of hydrogen-bond donors (Lipinski definition) is 0. The Morgan fingerprint density at radius 3 is 1.47 bits per heavy atom. The van der Waals surface area contributed by atoms with Gasteiger partial charge in [0, 0.05) is 69.4 Å². The van der Waals surface area contributed by atoms with Crippen molar-refractivity contribution in [3.63, 3.8) is 0 Å². The molecule has 0 bridgehead atoms. The maximum Gasteiger partial charge on any atom is 0.0803 e. The SMILES string of the molecule is c1cc(-c2cc(-n3c4ccccc4c4ccccc43)cc(-n3c4ccccc4c4ccccc43)c2)cc(-c2nc3c4ccccc4ccc3c3sc4ccccc4c23)c1. The molecular weight excluding hydrogens is 735 g/mol. The molecule has 0 saturated carbocycles. The Hall–Kier alpha value is -7.53. The van der Waals surface area contributed by atoms with E-state index in [0.717, 1.165) is 39.3 Å². The van der Waals surface area contributed by atoms with Gasteiger partial charge in [0.15, 0.2) is 0 Å². The Balaban J connectivity index is 1.11. The monoisotopic (exact) mass is 767 g/mol. The number of para-hydroxylation sites is 4. The molecule has 3 nitrogen and oxygen atoms in total. The molecule has 59 heavy (non-hydrogen) atoms. The molecule has 0 amide bonds. The van der Waals surface area contributed by atoms with Gasteiger partial charge in [-0.3, -0.25) is 0 Å². The van der Waals surface area contributed by atoms with Crippen LogP contribution in [0.2, 0.25) is 0 Å². The summed E-state index contributed by atoms with van der Waals surface area (Å²) in [6, 6.07) is 73.1. The zero-order valence-corrected chi connectivity index (χ0v) is 32.6. The molecule has 0 aliphatic carbocycles. The highest BCUT2D eigenvalue weighted by Crippen LogP contribution is 2.45. The van der Waals surface area contributed by atoms with Crippen LogP contribution in [0.5, 0.6) is 0 Å². The molecule has 0 saturated heterocycles. The molecule has 0 unspecified atom stereocenters. The van der Waals surface area contributed by atoms with Crippen LogP contribution >= 0.6 is 11.3 Å². The highest BCUT2D eigenvalue weighted by atomic mass is 32.1. The van der Waals surface area contributed by atoms with Gasteiger partial charge < -0.3 is 9.13 Å². The first-order valence-corrected chi connectivity index (χ1v) is 20.9. The molecule has 13 aromatic rings. The lowest BCUT2D eigenvalue weighted by Crippen LogP contribution is -2.00. The van der Waals surface area contributed by atoms with E-state index in [2.05, 4.69) is 209 Å². The number of fused-ring (bicyclic) bond motifs is 13. The van der Waals surface area contributed by atoms with E-state index in [9.17, 15) is 0 Å². The summed E-state index contributed by atoms with van der Waals surface area (Å²) in [5, 5.41) is 11.0. The molecular formula is C55H33N3S. The maximum absolute atomic E-state index is 5.61. The summed E-state index contributed by atoms with van der Waals surface area (Å²) in [6.45, 7) is 0. The predicted octanol–water partition coefficient (Wildman–Crippen LogP) is 15.3. The number of pyridine rings is 1. The number of benzene rings is 9. The molecule has 0 N–H and O–H groups in total. The van der Waals surface area contributed by atoms with Crippen molar-refractivity contribution in [1.82, 2.24) is 14.1 Å². The second kappa shape index (κ2) is 12.5. The lowest BCUT2D eigenvalue weighted by atomic mass is 9.97. The molecule has 0 aliphatic rings. The summed E-state index contributed by atoms with van der Waals surface area (Å²) < 4.78 is 7.43. The standard InChI is InChI=1S/C55H33N3S/c1-2-17-40-34(14-1)28-29-46-54(40)56-53(52-45-22-7-12-27-51(45)59-55(46)52)36-16-13-15-35(30-36)37-31-38(57-47-23-8-3-18-41(47)42-19-4-9-24-48(42)57)33-39(32-37)58-49-25-10-5-20-43(49)44-21-6-11-26-50(44)58/h1-33H. The fraction of sp³-hybridized carbons (Fsp3) is 0. The summed E-state index contributed by atoms with van der Waals surface area (Å²) in [6.07, 6.45) is 0. The second-order valence-corrected chi connectivity index (χ2v) is 16.6. The second-order valence-electron chi connectivity index (χ2n) is 15.5. The van der Waals surface area contributed by atoms with Crippen molar-refractivity contribution in [2.45, 2.75) is 0 Å². The first-order valence-electron chi connectivity index (χ1n) is 20.1. The van der Waals surface area contributed by atoms with E-state index in [4.69, 9.17) is 4.98 Å². The predicted molar refractivity (Wildman–Crippen MR) is 252 cm³/mol. The number of hydrogen-bond acceptors (Lipinski definition) is 2. The summed E-state index contributed by atoms with van der Waals surface area (Å²) in [5.74, 6) is 0. The van der Waals surface area contributed by atoms with Crippen LogP contribution in [0.1, 0.15) is 0 Å². The Morgan fingerprint density at radius 2 is 0.864 bits per heavy atom. The highest BCUT2D eigenvalue weighted by molar-refractivity contribution is 7.26. The molecule has 13 rings (SSSR count). The van der Waals surface area contributed by atoms with Crippen molar-refractivity contribution in [3.8, 4) is 33.8 Å². The van der Waals surface area contributed by atoms with Gasteiger partial charge in [0.2, 0.25) is 0 Å². The minimum absolute atomic E-state index is 1.02. The zero-order chi connectivity index (χ0) is 38.6. The third-order valence-electron chi connectivity index (χ3n) is 12.2. The lowest BCUT2D eigenvalue weighted by Gasteiger charge is -2.16. The molecule has 9 aromatic carbocycles. The molecule has 0 atom stereocenters. The van der Waals surface area contributed by atoms with E-state index in [-0.39, 0.29) is 0 Å². The van der Waals surface area contributed by atoms with Crippen LogP contribution < -0.4 is 0 Å². The molecule has 274 valence electrons. The molecule has 4 heteroatoms. The van der Waals surface area contributed by atoms with E-state index < -0.39 is 0 Å². The summed E-state index contributed by atoms with van der Waals surface area (Å²) in [5.41, 5.74) is 12.4. The smallest absolute Gasteiger partial charge is 0.0803 e. The highest BCUT2D eigenvalue weighted by Gasteiger charge is 2.20. The van der Waals surface area contributed by atoms with Gasteiger partial charge in [-0.25, -0.2) is 4.98 Å². The third kappa shape index (κ3) is 4.78. The maximum atomic E-state index is 5.61. The van der Waals surface area contributed by atoms with Crippen molar-refractivity contribution >= 4 is 96.8 Å². The first-order chi connectivity index (χ1) is 29.3. The Kier molecular flexibility index (Phi) is 6.89. The van der Waals surface area contributed by atoms with Gasteiger partial charge >= 0.3 is 0 Å². The molecule has 4 aromatic heterocycles. The lowest BCUT2D eigenvalue weighted by molar-refractivity contribution is 1.13. The average molecular weight is 768 g/mol. The molecule has 0 spiro atoms. The van der Waals surface area contributed by atoms with Gasteiger partial charge in [-0.15, -0.1) is 11.3 Å². The number of rotatable bonds is 4. The van der Waals surface area contributed by atoms with E-state index in [0.29, 0.717) is 0 Å². The van der Waals surface area contributed by atoms with Gasteiger partial charge in [-0.05, 0) is 71.1 Å². The summed E-state index contributed by atoms with van der Waals surface area (Å²) in [7, 11) is 0. The van der Waals surface area contributed by atoms with Crippen molar-refractivity contribution in [2.75, 3.05) is 0 Å². The van der Waals surface area contributed by atoms with Gasteiger partial charge in [-0.1, -0.05) is 146 Å².